The minimum atomic E-state index is -1.03. The Morgan fingerprint density at radius 3 is 2.38 bits per heavy atom. The maximum atomic E-state index is 12.7. The largest absolute Gasteiger partial charge is 0.465 e. The van der Waals surface area contributed by atoms with Gasteiger partial charge < -0.3 is 10.0 Å². The molecule has 5 heteroatoms. The molecular weight excluding hydrogens is 268 g/mol. The van der Waals surface area contributed by atoms with E-state index in [9.17, 15) is 14.7 Å². The fourth-order valence-corrected chi connectivity index (χ4v) is 2.78. The first-order valence-electron chi connectivity index (χ1n) is 7.13. The van der Waals surface area contributed by atoms with Crippen LogP contribution in [0.1, 0.15) is 26.3 Å². The van der Waals surface area contributed by atoms with Crippen LogP contribution in [0.5, 0.6) is 0 Å². The zero-order chi connectivity index (χ0) is 15.6. The van der Waals surface area contributed by atoms with Gasteiger partial charge in [-0.25, -0.2) is 4.79 Å². The van der Waals surface area contributed by atoms with Crippen LogP contribution >= 0.6 is 0 Å². The number of piperazine rings is 1. The van der Waals surface area contributed by atoms with Crippen molar-refractivity contribution >= 4 is 12.0 Å². The minimum absolute atomic E-state index is 0.111. The monoisotopic (exact) mass is 290 g/mol. The third kappa shape index (κ3) is 3.35. The summed E-state index contributed by atoms with van der Waals surface area (Å²) in [5.74, 6) is -0.111. The van der Waals surface area contributed by atoms with Crippen LogP contribution in [-0.2, 0) is 11.3 Å². The van der Waals surface area contributed by atoms with Crippen LogP contribution in [0.3, 0.4) is 0 Å². The maximum absolute atomic E-state index is 12.7. The van der Waals surface area contributed by atoms with Gasteiger partial charge in [-0.2, -0.15) is 0 Å². The molecule has 1 heterocycles. The third-order valence-electron chi connectivity index (χ3n) is 3.75. The molecular formula is C16H22N2O3. The number of hydrogen-bond acceptors (Lipinski definition) is 2. The number of benzene rings is 1. The Balaban J connectivity index is 2.21. The molecule has 114 valence electrons. The van der Waals surface area contributed by atoms with Gasteiger partial charge in [-0.15, -0.1) is 0 Å². The predicted octanol–water partition coefficient (Wildman–Crippen LogP) is 2.42. The lowest BCUT2D eigenvalue weighted by molar-refractivity contribution is -0.146. The molecule has 0 radical (unpaired) electrons. The van der Waals surface area contributed by atoms with E-state index in [-0.39, 0.29) is 5.91 Å². The van der Waals surface area contributed by atoms with E-state index < -0.39 is 17.6 Å². The van der Waals surface area contributed by atoms with Gasteiger partial charge in [0, 0.05) is 19.6 Å². The van der Waals surface area contributed by atoms with E-state index in [0.29, 0.717) is 19.6 Å². The van der Waals surface area contributed by atoms with Crippen molar-refractivity contribution in [3.63, 3.8) is 0 Å². The van der Waals surface area contributed by atoms with E-state index in [1.807, 2.05) is 51.1 Å². The second kappa shape index (κ2) is 5.76. The molecule has 1 fully saturated rings. The minimum Gasteiger partial charge on any atom is -0.465 e. The molecule has 1 saturated heterocycles. The van der Waals surface area contributed by atoms with E-state index in [4.69, 9.17) is 0 Å². The summed E-state index contributed by atoms with van der Waals surface area (Å²) in [6.07, 6.45) is -1.03. The molecule has 1 aliphatic rings. The lowest BCUT2D eigenvalue weighted by atomic mass is 9.83. The number of carbonyl (C=O) groups excluding carboxylic acids is 1. The second-order valence-corrected chi connectivity index (χ2v) is 6.49. The SMILES string of the molecule is CC(C)(C)C1C(=O)N(Cc2ccccc2)CCN1C(=O)O. The highest BCUT2D eigenvalue weighted by atomic mass is 16.4. The Morgan fingerprint density at radius 1 is 1.24 bits per heavy atom. The van der Waals surface area contributed by atoms with Crippen LogP contribution in [0.25, 0.3) is 0 Å². The molecule has 1 aromatic rings. The summed E-state index contributed by atoms with van der Waals surface area (Å²) in [7, 11) is 0. The Kier molecular flexibility index (Phi) is 4.21. The van der Waals surface area contributed by atoms with Gasteiger partial charge in [-0.3, -0.25) is 9.69 Å². The molecule has 5 nitrogen and oxygen atoms in total. The third-order valence-corrected chi connectivity index (χ3v) is 3.75. The summed E-state index contributed by atoms with van der Waals surface area (Å²) >= 11 is 0. The molecule has 1 aromatic carbocycles. The van der Waals surface area contributed by atoms with Crippen LogP contribution in [0.2, 0.25) is 0 Å². The molecule has 0 aliphatic carbocycles. The standard InChI is InChI=1S/C16H22N2O3/c1-16(2,3)13-14(19)17(9-10-18(13)15(20)21)11-12-7-5-4-6-8-12/h4-8,13H,9-11H2,1-3H3,(H,20,21). The summed E-state index contributed by atoms with van der Waals surface area (Å²) in [5.41, 5.74) is 0.632. The number of rotatable bonds is 2. The van der Waals surface area contributed by atoms with Crippen molar-refractivity contribution in [1.29, 1.82) is 0 Å². The van der Waals surface area contributed by atoms with Gasteiger partial charge in [0.15, 0.2) is 0 Å². The second-order valence-electron chi connectivity index (χ2n) is 6.49. The van der Waals surface area contributed by atoms with Gasteiger partial charge in [-0.05, 0) is 11.0 Å². The molecule has 21 heavy (non-hydrogen) atoms. The fourth-order valence-electron chi connectivity index (χ4n) is 2.78. The van der Waals surface area contributed by atoms with Gasteiger partial charge >= 0.3 is 6.09 Å². The van der Waals surface area contributed by atoms with Gasteiger partial charge in [0.1, 0.15) is 6.04 Å². The van der Waals surface area contributed by atoms with Crippen LogP contribution in [0.4, 0.5) is 4.79 Å². The van der Waals surface area contributed by atoms with E-state index in [1.54, 1.807) is 4.90 Å². The molecule has 1 unspecified atom stereocenters. The van der Waals surface area contributed by atoms with Crippen molar-refractivity contribution in [2.24, 2.45) is 5.41 Å². The predicted molar refractivity (Wildman–Crippen MR) is 79.8 cm³/mol. The normalized spacial score (nSPS) is 19.8. The highest BCUT2D eigenvalue weighted by Crippen LogP contribution is 2.29. The number of amides is 2. The molecule has 1 atom stereocenters. The molecule has 0 aromatic heterocycles. The molecule has 1 N–H and O–H groups in total. The van der Waals surface area contributed by atoms with Crippen LogP contribution in [0.15, 0.2) is 30.3 Å². The zero-order valence-electron chi connectivity index (χ0n) is 12.7. The van der Waals surface area contributed by atoms with Crippen molar-refractivity contribution in [3.05, 3.63) is 35.9 Å². The van der Waals surface area contributed by atoms with Crippen LogP contribution < -0.4 is 0 Å². The van der Waals surface area contributed by atoms with E-state index in [0.717, 1.165) is 5.56 Å². The molecule has 2 amide bonds. The van der Waals surface area contributed by atoms with E-state index >= 15 is 0 Å². The summed E-state index contributed by atoms with van der Waals surface area (Å²) in [6, 6.07) is 9.13. The highest BCUT2D eigenvalue weighted by Gasteiger charge is 2.44. The number of hydrogen-bond donors (Lipinski definition) is 1. The average molecular weight is 290 g/mol. The average Bonchev–Trinajstić information content (AvgIpc) is 2.40. The van der Waals surface area contributed by atoms with Gasteiger partial charge in [-0.1, -0.05) is 51.1 Å². The van der Waals surface area contributed by atoms with Crippen LogP contribution in [0, 0.1) is 5.41 Å². The van der Waals surface area contributed by atoms with Crippen LogP contribution in [-0.4, -0.2) is 46.0 Å². The topological polar surface area (TPSA) is 60.9 Å². The van der Waals surface area contributed by atoms with Crippen molar-refractivity contribution in [1.82, 2.24) is 9.80 Å². The Labute approximate surface area is 125 Å². The summed E-state index contributed by atoms with van der Waals surface area (Å²) < 4.78 is 0. The van der Waals surface area contributed by atoms with Gasteiger partial charge in [0.2, 0.25) is 5.91 Å². The Bertz CT molecular complexity index is 522. The summed E-state index contributed by atoms with van der Waals surface area (Å²) in [4.78, 5) is 27.1. The molecule has 0 bridgehead atoms. The Morgan fingerprint density at radius 2 is 1.86 bits per heavy atom. The number of carboxylic acid groups (broad SMARTS) is 1. The lowest BCUT2D eigenvalue weighted by Gasteiger charge is -2.44. The zero-order valence-corrected chi connectivity index (χ0v) is 12.7. The van der Waals surface area contributed by atoms with E-state index in [2.05, 4.69) is 0 Å². The molecule has 0 spiro atoms. The Hall–Kier alpha value is -2.04. The van der Waals surface area contributed by atoms with Crippen molar-refractivity contribution in [3.8, 4) is 0 Å². The van der Waals surface area contributed by atoms with Gasteiger partial charge in [0.25, 0.3) is 0 Å². The first-order chi connectivity index (χ1) is 9.80. The van der Waals surface area contributed by atoms with Crippen molar-refractivity contribution < 1.29 is 14.7 Å². The van der Waals surface area contributed by atoms with Crippen molar-refractivity contribution in [2.45, 2.75) is 33.4 Å². The summed E-state index contributed by atoms with van der Waals surface area (Å²) in [6.45, 7) is 7.02. The summed E-state index contributed by atoms with van der Waals surface area (Å²) in [5, 5.41) is 9.32. The number of carbonyl (C=O) groups is 2. The first-order valence-corrected chi connectivity index (χ1v) is 7.13. The number of nitrogens with zero attached hydrogens (tertiary/aromatic N) is 2. The molecule has 0 saturated carbocycles. The molecule has 1 aliphatic heterocycles. The van der Waals surface area contributed by atoms with E-state index in [1.165, 1.54) is 4.90 Å². The fraction of sp³-hybridized carbons (Fsp3) is 0.500. The maximum Gasteiger partial charge on any atom is 0.408 e. The first kappa shape index (κ1) is 15.4. The quantitative estimate of drug-likeness (QED) is 0.910. The highest BCUT2D eigenvalue weighted by molar-refractivity contribution is 5.87. The van der Waals surface area contributed by atoms with Crippen molar-refractivity contribution in [2.75, 3.05) is 13.1 Å². The molecule has 2 rings (SSSR count). The lowest BCUT2D eigenvalue weighted by Crippen LogP contribution is -2.62. The van der Waals surface area contributed by atoms with Gasteiger partial charge in [0.05, 0.1) is 0 Å². The smallest absolute Gasteiger partial charge is 0.408 e.